The Hall–Kier alpha value is -4.69. The molecule has 0 bridgehead atoms. The van der Waals surface area contributed by atoms with Crippen LogP contribution in [0.4, 0.5) is 31.1 Å². The monoisotopic (exact) mass is 874 g/mol. The molecule has 1 aromatic carbocycles. The third-order valence-corrected chi connectivity index (χ3v) is 14.0. The van der Waals surface area contributed by atoms with Crippen LogP contribution in [0.1, 0.15) is 90.8 Å². The number of alkyl halides is 6. The predicted molar refractivity (Wildman–Crippen MR) is 202 cm³/mol. The van der Waals surface area contributed by atoms with Crippen LogP contribution in [-0.2, 0) is 35.3 Å². The second-order valence-electron chi connectivity index (χ2n) is 17.3. The lowest BCUT2D eigenvalue weighted by atomic mass is 9.88. The van der Waals surface area contributed by atoms with Crippen LogP contribution in [0.5, 0.6) is 5.88 Å². The van der Waals surface area contributed by atoms with E-state index in [0.717, 1.165) is 4.90 Å². The molecule has 1 saturated heterocycles. The summed E-state index contributed by atoms with van der Waals surface area (Å²) in [5.41, 5.74) is -5.63. The number of hydrogen-bond donors (Lipinski definition) is 3. The van der Waals surface area contributed by atoms with Gasteiger partial charge in [0.1, 0.15) is 23.7 Å². The minimum atomic E-state index is -5.06. The smallest absolute Gasteiger partial charge is 0.438 e. The molecule has 21 heteroatoms. The summed E-state index contributed by atoms with van der Waals surface area (Å²) in [4.78, 5) is 64.9. The van der Waals surface area contributed by atoms with Gasteiger partial charge in [-0.3, -0.25) is 19.1 Å². The number of fused-ring (bicyclic) bond motifs is 3. The molecule has 7 atom stereocenters. The number of aromatic nitrogens is 2. The van der Waals surface area contributed by atoms with E-state index in [1.165, 1.54) is 19.1 Å². The normalized spacial score (nSPS) is 29.2. The zero-order chi connectivity index (χ0) is 44.4. The van der Waals surface area contributed by atoms with Gasteiger partial charge in [0.15, 0.2) is 0 Å². The highest BCUT2D eigenvalue weighted by atomic mass is 32.2. The molecule has 4 amide bonds. The lowest BCUT2D eigenvalue weighted by molar-refractivity contribution is -0.244. The van der Waals surface area contributed by atoms with Crippen molar-refractivity contribution in [2.75, 3.05) is 6.54 Å². The van der Waals surface area contributed by atoms with Gasteiger partial charge in [0, 0.05) is 12.3 Å². The number of carbonyl (C=O) groups excluding carboxylic acids is 4. The molecule has 2 saturated carbocycles. The van der Waals surface area contributed by atoms with Crippen molar-refractivity contribution in [2.24, 2.45) is 17.8 Å². The van der Waals surface area contributed by atoms with E-state index in [1.807, 2.05) is 6.92 Å². The Morgan fingerprint density at radius 2 is 1.70 bits per heavy atom. The lowest BCUT2D eigenvalue weighted by Crippen LogP contribution is -2.59. The molecule has 3 fully saturated rings. The number of alkyl carbamates (subject to hydrolysis) is 1. The Morgan fingerprint density at radius 3 is 2.33 bits per heavy atom. The molecule has 14 nitrogen and oxygen atoms in total. The Bertz CT molecular complexity index is 2200. The van der Waals surface area contributed by atoms with Gasteiger partial charge in [-0.05, 0) is 95.8 Å². The third kappa shape index (κ3) is 9.14. The van der Waals surface area contributed by atoms with E-state index in [2.05, 4.69) is 25.3 Å². The van der Waals surface area contributed by atoms with E-state index >= 15 is 0 Å². The van der Waals surface area contributed by atoms with Crippen LogP contribution in [0, 0.1) is 24.7 Å². The molecule has 60 heavy (non-hydrogen) atoms. The first-order valence-electron chi connectivity index (χ1n) is 19.6. The van der Waals surface area contributed by atoms with E-state index in [1.54, 1.807) is 32.1 Å². The van der Waals surface area contributed by atoms with Crippen molar-refractivity contribution in [3.05, 3.63) is 41.6 Å². The van der Waals surface area contributed by atoms with Crippen molar-refractivity contribution >= 4 is 44.9 Å². The molecule has 0 unspecified atom stereocenters. The van der Waals surface area contributed by atoms with E-state index < -0.39 is 117 Å². The summed E-state index contributed by atoms with van der Waals surface area (Å²) in [6.45, 7) is 7.23. The molecule has 330 valence electrons. The van der Waals surface area contributed by atoms with Crippen LogP contribution in [0.2, 0.25) is 0 Å². The number of nitrogens with zero attached hydrogens (tertiary/aromatic N) is 3. The molecular formula is C39H48F6N6O8S. The maximum atomic E-state index is 14.7. The number of carbonyl (C=O) groups is 4. The lowest BCUT2D eigenvalue weighted by Gasteiger charge is -2.34. The van der Waals surface area contributed by atoms with Crippen molar-refractivity contribution in [3.8, 4) is 5.88 Å². The second kappa shape index (κ2) is 15.6. The van der Waals surface area contributed by atoms with Gasteiger partial charge in [0.25, 0.3) is 5.91 Å². The Balaban J connectivity index is 1.38. The van der Waals surface area contributed by atoms with Gasteiger partial charge in [-0.2, -0.15) is 26.3 Å². The Kier molecular flexibility index (Phi) is 11.7. The van der Waals surface area contributed by atoms with Gasteiger partial charge >= 0.3 is 18.4 Å². The molecule has 3 heterocycles. The van der Waals surface area contributed by atoms with Crippen molar-refractivity contribution in [1.29, 1.82) is 0 Å². The summed E-state index contributed by atoms with van der Waals surface area (Å²) in [6, 6.07) is 1.15. The molecule has 6 rings (SSSR count). The van der Waals surface area contributed by atoms with Crippen LogP contribution in [0.15, 0.2) is 30.4 Å². The van der Waals surface area contributed by atoms with Gasteiger partial charge in [-0.1, -0.05) is 32.1 Å². The van der Waals surface area contributed by atoms with Gasteiger partial charge in [0.2, 0.25) is 39.0 Å². The number of benzene rings is 1. The number of nitrogens with one attached hydrogen (secondary N) is 3. The largest absolute Gasteiger partial charge is 0.471 e. The summed E-state index contributed by atoms with van der Waals surface area (Å²) in [5.74, 6) is -5.57. The van der Waals surface area contributed by atoms with Crippen molar-refractivity contribution in [2.45, 2.75) is 133 Å². The summed E-state index contributed by atoms with van der Waals surface area (Å²) in [6.07, 6.45) is -8.24. The van der Waals surface area contributed by atoms with Crippen molar-refractivity contribution in [3.63, 3.8) is 0 Å². The molecule has 2 aliphatic heterocycles. The number of rotatable bonds is 7. The van der Waals surface area contributed by atoms with Gasteiger partial charge < -0.3 is 25.0 Å². The molecule has 3 N–H and O–H groups in total. The van der Waals surface area contributed by atoms with E-state index in [4.69, 9.17) is 9.47 Å². The number of amides is 4. The number of sulfonamides is 1. The highest BCUT2D eigenvalue weighted by molar-refractivity contribution is 7.91. The maximum absolute atomic E-state index is 14.7. The highest BCUT2D eigenvalue weighted by Gasteiger charge is 2.63. The first-order chi connectivity index (χ1) is 27.7. The standard InChI is InChI=1S/C39H48F6N6O8S/c1-20-9-7-8-10-23-18-37(23,33(54)50-60(56,57)36(6)13-14-36)49-30(52)27-17-24(58-31-29(38(40,41)42)46-25-12-11-21(2)16-26(25)47-31)19-51(27)32(53)28(22(3)15-20)48-34(55)59-35(4,5)39(43,44)45/h8,10-12,16,20,22-24,27-28H,7,9,13-15,17-19H2,1-6H3,(H,48,55)(H,49,52)(H,50,54)/b10-8-/t20-,22-,23-,24-,27+,28+,37-/m1/s1. The van der Waals surface area contributed by atoms with Gasteiger partial charge in [-0.15, -0.1) is 0 Å². The maximum Gasteiger partial charge on any atom is 0.438 e. The molecular weight excluding hydrogens is 827 g/mol. The third-order valence-electron chi connectivity index (χ3n) is 11.9. The van der Waals surface area contributed by atoms with Crippen LogP contribution < -0.4 is 20.1 Å². The van der Waals surface area contributed by atoms with E-state index in [0.29, 0.717) is 45.1 Å². The molecule has 2 aliphatic carbocycles. The fourth-order valence-corrected chi connectivity index (χ4v) is 8.93. The predicted octanol–water partition coefficient (Wildman–Crippen LogP) is 5.63. The summed E-state index contributed by atoms with van der Waals surface area (Å²) in [7, 11) is -4.18. The number of allylic oxidation sites excluding steroid dienone is 1. The Morgan fingerprint density at radius 1 is 1.02 bits per heavy atom. The van der Waals surface area contributed by atoms with E-state index in [-0.39, 0.29) is 29.8 Å². The fraction of sp³-hybridized carbons (Fsp3) is 0.641. The molecule has 0 spiro atoms. The van der Waals surface area contributed by atoms with Gasteiger partial charge in [0.05, 0.1) is 22.3 Å². The summed E-state index contributed by atoms with van der Waals surface area (Å²) in [5, 5.41) is 4.89. The molecule has 2 aromatic rings. The second-order valence-corrected chi connectivity index (χ2v) is 19.5. The average molecular weight is 875 g/mol. The molecule has 0 radical (unpaired) electrons. The highest BCUT2D eigenvalue weighted by Crippen LogP contribution is 2.48. The first-order valence-corrected chi connectivity index (χ1v) is 21.1. The van der Waals surface area contributed by atoms with Crippen molar-refractivity contribution in [1.82, 2.24) is 30.2 Å². The summed E-state index contributed by atoms with van der Waals surface area (Å²) >= 11 is 0. The minimum Gasteiger partial charge on any atom is -0.471 e. The zero-order valence-corrected chi connectivity index (χ0v) is 34.6. The van der Waals surface area contributed by atoms with Crippen LogP contribution >= 0.6 is 0 Å². The first kappa shape index (κ1) is 44.9. The number of aryl methyl sites for hydroxylation is 1. The van der Waals surface area contributed by atoms with Crippen LogP contribution in [0.3, 0.4) is 0 Å². The number of ether oxygens (including phenoxy) is 2. The van der Waals surface area contributed by atoms with Gasteiger partial charge in [-0.25, -0.2) is 23.2 Å². The molecule has 1 aromatic heterocycles. The minimum absolute atomic E-state index is 0.0213. The Labute approximate surface area is 342 Å². The SMILES string of the molecule is Cc1ccc2nc(C(F)(F)F)c(O[C@@H]3C[C@H]4C(=O)N[C@]5(C(=O)NS(=O)(=O)C6(C)CC6)C[C@H]5/C=C\CC[C@@H](C)C[C@@H](C)[C@H](NC(=O)OC(C)(C)C(F)(F)F)C(=O)N4C3)nc2c1. The topological polar surface area (TPSA) is 186 Å². The van der Waals surface area contributed by atoms with Crippen LogP contribution in [0.25, 0.3) is 11.0 Å². The number of halogens is 6. The number of hydrogen-bond acceptors (Lipinski definition) is 10. The fourth-order valence-electron chi connectivity index (χ4n) is 7.62. The quantitative estimate of drug-likeness (QED) is 0.233. The average Bonchev–Trinajstić information content (AvgIpc) is 4.00. The molecule has 4 aliphatic rings. The van der Waals surface area contributed by atoms with Crippen molar-refractivity contribution < 1.29 is 63.4 Å². The summed E-state index contributed by atoms with van der Waals surface area (Å²) < 4.78 is 122. The van der Waals surface area contributed by atoms with Crippen LogP contribution in [-0.4, -0.2) is 93.9 Å². The van der Waals surface area contributed by atoms with E-state index in [9.17, 15) is 53.9 Å². The zero-order valence-electron chi connectivity index (χ0n) is 33.8.